The van der Waals surface area contributed by atoms with Crippen molar-refractivity contribution in [3.05, 3.63) is 52.6 Å². The minimum absolute atomic E-state index is 0.162. The Bertz CT molecular complexity index is 646. The van der Waals surface area contributed by atoms with E-state index in [1.807, 2.05) is 38.4 Å². The molecule has 0 atom stereocenters. The van der Waals surface area contributed by atoms with Crippen LogP contribution in [0.25, 0.3) is 0 Å². The highest BCUT2D eigenvalue weighted by atomic mass is 79.9. The van der Waals surface area contributed by atoms with Crippen molar-refractivity contribution < 1.29 is 4.79 Å². The number of anilines is 2. The van der Waals surface area contributed by atoms with Crippen LogP contribution in [0, 0.1) is 0 Å². The van der Waals surface area contributed by atoms with Gasteiger partial charge in [0.05, 0.1) is 5.69 Å². The summed E-state index contributed by atoms with van der Waals surface area (Å²) >= 11 is 3.42. The summed E-state index contributed by atoms with van der Waals surface area (Å²) in [6, 6.07) is 11.0. The first-order valence-corrected chi connectivity index (χ1v) is 7.76. The third-order valence-electron chi connectivity index (χ3n) is 3.01. The summed E-state index contributed by atoms with van der Waals surface area (Å²) in [5, 5.41) is 6.08. The molecule has 116 valence electrons. The SMILES string of the molecule is CN(C)CCNc1cc(C(=O)Nc2ccccc2Br)ccn1. The zero-order chi connectivity index (χ0) is 15.9. The van der Waals surface area contributed by atoms with Crippen LogP contribution >= 0.6 is 15.9 Å². The van der Waals surface area contributed by atoms with Gasteiger partial charge >= 0.3 is 0 Å². The van der Waals surface area contributed by atoms with Crippen LogP contribution in [0.15, 0.2) is 47.1 Å². The zero-order valence-electron chi connectivity index (χ0n) is 12.6. The number of benzene rings is 1. The highest BCUT2D eigenvalue weighted by molar-refractivity contribution is 9.10. The highest BCUT2D eigenvalue weighted by Gasteiger charge is 2.09. The lowest BCUT2D eigenvalue weighted by Gasteiger charge is -2.11. The lowest BCUT2D eigenvalue weighted by atomic mass is 10.2. The van der Waals surface area contributed by atoms with E-state index in [2.05, 4.69) is 36.4 Å². The molecular formula is C16H19BrN4O. The molecule has 0 aliphatic carbocycles. The van der Waals surface area contributed by atoms with E-state index in [1.165, 1.54) is 0 Å². The number of hydrogen-bond donors (Lipinski definition) is 2. The molecule has 0 aliphatic rings. The van der Waals surface area contributed by atoms with Crippen LogP contribution in [0.3, 0.4) is 0 Å². The lowest BCUT2D eigenvalue weighted by molar-refractivity contribution is 0.102. The van der Waals surface area contributed by atoms with Crippen LogP contribution in [-0.4, -0.2) is 43.0 Å². The monoisotopic (exact) mass is 362 g/mol. The first kappa shape index (κ1) is 16.5. The Morgan fingerprint density at radius 2 is 2.05 bits per heavy atom. The molecule has 1 aromatic heterocycles. The second-order valence-corrected chi connectivity index (χ2v) is 5.95. The zero-order valence-corrected chi connectivity index (χ0v) is 14.2. The molecule has 2 rings (SSSR count). The molecule has 0 unspecified atom stereocenters. The van der Waals surface area contributed by atoms with E-state index in [0.717, 1.165) is 23.2 Å². The van der Waals surface area contributed by atoms with Gasteiger partial charge in [-0.2, -0.15) is 0 Å². The maximum absolute atomic E-state index is 12.3. The number of nitrogens with zero attached hydrogens (tertiary/aromatic N) is 2. The lowest BCUT2D eigenvalue weighted by Crippen LogP contribution is -2.21. The molecule has 5 nitrogen and oxygen atoms in total. The van der Waals surface area contributed by atoms with Crippen molar-refractivity contribution in [1.82, 2.24) is 9.88 Å². The van der Waals surface area contributed by atoms with Gasteiger partial charge in [-0.15, -0.1) is 0 Å². The minimum Gasteiger partial charge on any atom is -0.369 e. The van der Waals surface area contributed by atoms with E-state index in [1.54, 1.807) is 18.3 Å². The molecule has 0 radical (unpaired) electrons. The van der Waals surface area contributed by atoms with Crippen LogP contribution < -0.4 is 10.6 Å². The number of halogens is 1. The number of pyridine rings is 1. The van der Waals surface area contributed by atoms with Crippen molar-refractivity contribution in [2.75, 3.05) is 37.8 Å². The van der Waals surface area contributed by atoms with E-state index >= 15 is 0 Å². The van der Waals surface area contributed by atoms with Crippen molar-refractivity contribution in [3.8, 4) is 0 Å². The summed E-state index contributed by atoms with van der Waals surface area (Å²) < 4.78 is 0.849. The molecule has 2 N–H and O–H groups in total. The van der Waals surface area contributed by atoms with Crippen LogP contribution in [0.1, 0.15) is 10.4 Å². The molecule has 0 aliphatic heterocycles. The molecule has 22 heavy (non-hydrogen) atoms. The number of rotatable bonds is 6. The van der Waals surface area contributed by atoms with Gasteiger partial charge in [0.25, 0.3) is 5.91 Å². The summed E-state index contributed by atoms with van der Waals surface area (Å²) in [6.07, 6.45) is 1.63. The summed E-state index contributed by atoms with van der Waals surface area (Å²) in [6.45, 7) is 1.67. The van der Waals surface area contributed by atoms with E-state index in [0.29, 0.717) is 11.4 Å². The summed E-state index contributed by atoms with van der Waals surface area (Å²) in [7, 11) is 4.02. The number of likely N-dealkylation sites (N-methyl/N-ethyl adjacent to an activating group) is 1. The highest BCUT2D eigenvalue weighted by Crippen LogP contribution is 2.22. The number of aromatic nitrogens is 1. The third-order valence-corrected chi connectivity index (χ3v) is 3.70. The topological polar surface area (TPSA) is 57.3 Å². The Hall–Kier alpha value is -1.92. The van der Waals surface area contributed by atoms with Crippen LogP contribution in [-0.2, 0) is 0 Å². The van der Waals surface area contributed by atoms with Gasteiger partial charge in [-0.1, -0.05) is 12.1 Å². The number of para-hydroxylation sites is 1. The smallest absolute Gasteiger partial charge is 0.255 e. The van der Waals surface area contributed by atoms with Crippen LogP contribution in [0.2, 0.25) is 0 Å². The Morgan fingerprint density at radius 3 is 2.77 bits per heavy atom. The normalized spacial score (nSPS) is 10.5. The van der Waals surface area contributed by atoms with E-state index < -0.39 is 0 Å². The van der Waals surface area contributed by atoms with Crippen LogP contribution in [0.4, 0.5) is 11.5 Å². The maximum atomic E-state index is 12.3. The molecule has 0 saturated carbocycles. The Labute approximate surface area is 138 Å². The van der Waals surface area contributed by atoms with Gasteiger partial charge in [0.2, 0.25) is 0 Å². The van der Waals surface area contributed by atoms with Gasteiger partial charge in [0.15, 0.2) is 0 Å². The largest absolute Gasteiger partial charge is 0.369 e. The van der Waals surface area contributed by atoms with Gasteiger partial charge < -0.3 is 15.5 Å². The Morgan fingerprint density at radius 1 is 1.27 bits per heavy atom. The van der Waals surface area contributed by atoms with E-state index in [4.69, 9.17) is 0 Å². The second kappa shape index (κ2) is 7.91. The fourth-order valence-corrected chi connectivity index (χ4v) is 2.22. The maximum Gasteiger partial charge on any atom is 0.255 e. The van der Waals surface area contributed by atoms with E-state index in [-0.39, 0.29) is 5.91 Å². The van der Waals surface area contributed by atoms with Crippen molar-refractivity contribution in [1.29, 1.82) is 0 Å². The van der Waals surface area contributed by atoms with Crippen LogP contribution in [0.5, 0.6) is 0 Å². The molecule has 1 heterocycles. The molecule has 2 aromatic rings. The first-order valence-electron chi connectivity index (χ1n) is 6.97. The molecule has 1 aromatic carbocycles. The van der Waals surface area contributed by atoms with Crippen molar-refractivity contribution >= 4 is 33.3 Å². The van der Waals surface area contributed by atoms with Gasteiger partial charge in [-0.25, -0.2) is 4.98 Å². The fraction of sp³-hybridized carbons (Fsp3) is 0.250. The molecule has 1 amide bonds. The Balaban J connectivity index is 2.02. The minimum atomic E-state index is -0.162. The predicted molar refractivity (Wildman–Crippen MR) is 93.4 cm³/mol. The van der Waals surface area contributed by atoms with Gasteiger partial charge in [-0.05, 0) is 54.3 Å². The van der Waals surface area contributed by atoms with E-state index in [9.17, 15) is 4.79 Å². The molecule has 0 bridgehead atoms. The van der Waals surface area contributed by atoms with Crippen molar-refractivity contribution in [2.24, 2.45) is 0 Å². The third kappa shape index (κ3) is 4.82. The molecular weight excluding hydrogens is 344 g/mol. The average molecular weight is 363 g/mol. The molecule has 0 saturated heterocycles. The summed E-state index contributed by atoms with van der Waals surface area (Å²) in [4.78, 5) is 18.6. The summed E-state index contributed by atoms with van der Waals surface area (Å²) in [5.74, 6) is 0.534. The number of nitrogens with one attached hydrogen (secondary N) is 2. The number of carbonyl (C=O) groups is 1. The fourth-order valence-electron chi connectivity index (χ4n) is 1.83. The number of carbonyl (C=O) groups excluding carboxylic acids is 1. The standard InChI is InChI=1S/C16H19BrN4O/c1-21(2)10-9-19-15-11-12(7-8-18-15)16(22)20-14-6-4-3-5-13(14)17/h3-8,11H,9-10H2,1-2H3,(H,18,19)(H,20,22). The van der Waals surface area contributed by atoms with Gasteiger partial charge in [-0.3, -0.25) is 4.79 Å². The Kier molecular flexibility index (Phi) is 5.91. The second-order valence-electron chi connectivity index (χ2n) is 5.09. The average Bonchev–Trinajstić information content (AvgIpc) is 2.49. The number of hydrogen-bond acceptors (Lipinski definition) is 4. The number of amides is 1. The molecule has 6 heteroatoms. The predicted octanol–water partition coefficient (Wildman–Crippen LogP) is 3.07. The summed E-state index contributed by atoms with van der Waals surface area (Å²) in [5.41, 5.74) is 1.31. The van der Waals surface area contributed by atoms with Crippen molar-refractivity contribution in [2.45, 2.75) is 0 Å². The van der Waals surface area contributed by atoms with Crippen molar-refractivity contribution in [3.63, 3.8) is 0 Å². The molecule has 0 fully saturated rings. The van der Waals surface area contributed by atoms with Gasteiger partial charge in [0, 0.05) is 29.3 Å². The first-order chi connectivity index (χ1) is 10.6. The molecule has 0 spiro atoms. The van der Waals surface area contributed by atoms with Gasteiger partial charge in [0.1, 0.15) is 5.82 Å². The quantitative estimate of drug-likeness (QED) is 0.828.